The lowest BCUT2D eigenvalue weighted by atomic mass is 10.0. The van der Waals surface area contributed by atoms with Crippen LogP contribution in [0, 0.1) is 11.3 Å². The summed E-state index contributed by atoms with van der Waals surface area (Å²) in [6, 6.07) is 15.9. The standard InChI is InChI=1S/C14H10N2S/c15-9-12(14(16)17)8-11-6-3-5-10-4-1-2-7-13(10)11/h1-8H,(H2,16,17)/b12-8+. The van der Waals surface area contributed by atoms with E-state index < -0.39 is 0 Å². The molecular weight excluding hydrogens is 228 g/mol. The van der Waals surface area contributed by atoms with Crippen LogP contribution in [0.1, 0.15) is 5.56 Å². The van der Waals surface area contributed by atoms with E-state index in [0.717, 1.165) is 16.3 Å². The number of nitrogens with zero attached hydrogens (tertiary/aromatic N) is 1. The Balaban J connectivity index is 2.65. The number of benzene rings is 2. The lowest BCUT2D eigenvalue weighted by Gasteiger charge is -2.02. The molecule has 0 radical (unpaired) electrons. The predicted molar refractivity (Wildman–Crippen MR) is 74.3 cm³/mol. The summed E-state index contributed by atoms with van der Waals surface area (Å²) in [5, 5.41) is 11.2. The molecule has 0 aliphatic rings. The van der Waals surface area contributed by atoms with Crippen molar-refractivity contribution >= 4 is 34.1 Å². The number of nitrogens with two attached hydrogens (primary N) is 1. The minimum Gasteiger partial charge on any atom is -0.389 e. The Hall–Kier alpha value is -2.18. The number of hydrogen-bond donors (Lipinski definition) is 1. The van der Waals surface area contributed by atoms with Crippen molar-refractivity contribution in [3.8, 4) is 6.07 Å². The molecule has 0 saturated heterocycles. The van der Waals surface area contributed by atoms with Gasteiger partial charge in [0.1, 0.15) is 11.1 Å². The third kappa shape index (κ3) is 2.32. The van der Waals surface area contributed by atoms with Crippen LogP contribution < -0.4 is 5.73 Å². The molecule has 3 heteroatoms. The van der Waals surface area contributed by atoms with Crippen molar-refractivity contribution in [1.29, 1.82) is 5.26 Å². The van der Waals surface area contributed by atoms with Crippen LogP contribution in [0.5, 0.6) is 0 Å². The van der Waals surface area contributed by atoms with E-state index in [9.17, 15) is 0 Å². The highest BCUT2D eigenvalue weighted by atomic mass is 32.1. The summed E-state index contributed by atoms with van der Waals surface area (Å²) in [4.78, 5) is 0.125. The first-order valence-corrected chi connectivity index (χ1v) is 5.52. The highest BCUT2D eigenvalue weighted by molar-refractivity contribution is 7.80. The molecule has 82 valence electrons. The topological polar surface area (TPSA) is 49.8 Å². The van der Waals surface area contributed by atoms with Crippen LogP contribution >= 0.6 is 12.2 Å². The Kier molecular flexibility index (Phi) is 3.17. The van der Waals surface area contributed by atoms with Gasteiger partial charge in [-0.15, -0.1) is 0 Å². The van der Waals surface area contributed by atoms with Crippen molar-refractivity contribution in [2.24, 2.45) is 5.73 Å². The second-order valence-corrected chi connectivity index (χ2v) is 4.04. The molecule has 0 atom stereocenters. The molecule has 2 N–H and O–H groups in total. The van der Waals surface area contributed by atoms with Crippen molar-refractivity contribution in [2.45, 2.75) is 0 Å². The highest BCUT2D eigenvalue weighted by Crippen LogP contribution is 2.20. The molecule has 17 heavy (non-hydrogen) atoms. The molecule has 0 heterocycles. The summed E-state index contributed by atoms with van der Waals surface area (Å²) in [6.07, 6.45) is 1.73. The van der Waals surface area contributed by atoms with Crippen molar-refractivity contribution < 1.29 is 0 Å². The molecule has 0 unspecified atom stereocenters. The van der Waals surface area contributed by atoms with Gasteiger partial charge >= 0.3 is 0 Å². The van der Waals surface area contributed by atoms with Crippen LogP contribution in [0.4, 0.5) is 0 Å². The van der Waals surface area contributed by atoms with Gasteiger partial charge in [-0.2, -0.15) is 5.26 Å². The minimum atomic E-state index is 0.125. The second-order valence-electron chi connectivity index (χ2n) is 3.60. The zero-order valence-corrected chi connectivity index (χ0v) is 9.87. The smallest absolute Gasteiger partial charge is 0.114 e. The number of hydrogen-bond acceptors (Lipinski definition) is 2. The van der Waals surface area contributed by atoms with E-state index >= 15 is 0 Å². The van der Waals surface area contributed by atoms with Crippen LogP contribution in [-0.2, 0) is 0 Å². The first-order chi connectivity index (χ1) is 8.22. The molecule has 0 aliphatic heterocycles. The number of thiocarbonyl (C=S) groups is 1. The zero-order valence-electron chi connectivity index (χ0n) is 9.05. The Morgan fingerprint density at radius 3 is 2.59 bits per heavy atom. The Morgan fingerprint density at radius 1 is 1.18 bits per heavy atom. The van der Waals surface area contributed by atoms with Crippen molar-refractivity contribution in [3.05, 3.63) is 53.6 Å². The predicted octanol–water partition coefficient (Wildman–Crippen LogP) is 3.03. The van der Waals surface area contributed by atoms with E-state index in [2.05, 4.69) is 0 Å². The average Bonchev–Trinajstić information content (AvgIpc) is 2.35. The molecule has 2 aromatic rings. The fraction of sp³-hybridized carbons (Fsp3) is 0. The van der Waals surface area contributed by atoms with Crippen LogP contribution in [0.25, 0.3) is 16.8 Å². The van der Waals surface area contributed by atoms with Crippen LogP contribution in [-0.4, -0.2) is 4.99 Å². The number of nitriles is 1. The monoisotopic (exact) mass is 238 g/mol. The van der Waals surface area contributed by atoms with Gasteiger partial charge in [0.2, 0.25) is 0 Å². The first-order valence-electron chi connectivity index (χ1n) is 5.12. The molecular formula is C14H10N2S. The fourth-order valence-electron chi connectivity index (χ4n) is 1.69. The summed E-state index contributed by atoms with van der Waals surface area (Å²) in [5.74, 6) is 0. The summed E-state index contributed by atoms with van der Waals surface area (Å²) in [6.45, 7) is 0. The highest BCUT2D eigenvalue weighted by Gasteiger charge is 2.02. The number of fused-ring (bicyclic) bond motifs is 1. The third-order valence-corrected chi connectivity index (χ3v) is 2.73. The van der Waals surface area contributed by atoms with Crippen LogP contribution in [0.3, 0.4) is 0 Å². The van der Waals surface area contributed by atoms with Crippen molar-refractivity contribution in [2.75, 3.05) is 0 Å². The lowest BCUT2D eigenvalue weighted by molar-refractivity contribution is 1.51. The molecule has 0 aromatic heterocycles. The molecule has 2 rings (SSSR count). The summed E-state index contributed by atoms with van der Waals surface area (Å²) >= 11 is 4.82. The van der Waals surface area contributed by atoms with E-state index in [-0.39, 0.29) is 4.99 Å². The van der Waals surface area contributed by atoms with Gasteiger partial charge in [0, 0.05) is 0 Å². The Labute approximate surface area is 105 Å². The van der Waals surface area contributed by atoms with Crippen molar-refractivity contribution in [1.82, 2.24) is 0 Å². The largest absolute Gasteiger partial charge is 0.389 e. The second kappa shape index (κ2) is 4.77. The molecule has 0 saturated carbocycles. The molecule has 0 spiro atoms. The third-order valence-electron chi connectivity index (χ3n) is 2.51. The summed E-state index contributed by atoms with van der Waals surface area (Å²) in [7, 11) is 0. The average molecular weight is 238 g/mol. The van der Waals surface area contributed by atoms with E-state index in [1.165, 1.54) is 0 Å². The van der Waals surface area contributed by atoms with E-state index in [0.29, 0.717) is 5.57 Å². The van der Waals surface area contributed by atoms with Gasteiger partial charge in [0.25, 0.3) is 0 Å². The zero-order chi connectivity index (χ0) is 12.3. The van der Waals surface area contributed by atoms with E-state index in [4.69, 9.17) is 23.2 Å². The molecule has 2 nitrogen and oxygen atoms in total. The van der Waals surface area contributed by atoms with Crippen LogP contribution in [0.2, 0.25) is 0 Å². The number of rotatable bonds is 2. The normalized spacial score (nSPS) is 11.1. The Morgan fingerprint density at radius 2 is 1.88 bits per heavy atom. The minimum absolute atomic E-state index is 0.125. The van der Waals surface area contributed by atoms with Gasteiger partial charge in [0.05, 0.1) is 5.57 Å². The molecule has 0 amide bonds. The summed E-state index contributed by atoms with van der Waals surface area (Å²) < 4.78 is 0. The molecule has 2 aromatic carbocycles. The molecule has 0 fully saturated rings. The summed E-state index contributed by atoms with van der Waals surface area (Å²) in [5.41, 5.74) is 6.76. The van der Waals surface area contributed by atoms with Gasteiger partial charge in [0.15, 0.2) is 0 Å². The van der Waals surface area contributed by atoms with E-state index in [1.807, 2.05) is 48.5 Å². The van der Waals surface area contributed by atoms with E-state index in [1.54, 1.807) is 6.08 Å². The quantitative estimate of drug-likeness (QED) is 0.497. The molecule has 0 aliphatic carbocycles. The Bertz CT molecular complexity index is 645. The lowest BCUT2D eigenvalue weighted by Crippen LogP contribution is -2.09. The van der Waals surface area contributed by atoms with Crippen molar-refractivity contribution in [3.63, 3.8) is 0 Å². The van der Waals surface area contributed by atoms with Gasteiger partial charge in [-0.1, -0.05) is 54.7 Å². The van der Waals surface area contributed by atoms with Crippen LogP contribution in [0.15, 0.2) is 48.0 Å². The fourth-order valence-corrected chi connectivity index (χ4v) is 1.79. The maximum atomic E-state index is 8.94. The van der Waals surface area contributed by atoms with Gasteiger partial charge in [-0.3, -0.25) is 0 Å². The first kappa shape index (κ1) is 11.3. The SMILES string of the molecule is N#C/C(=C\c1cccc2ccccc12)C(N)=S. The van der Waals surface area contributed by atoms with Gasteiger partial charge in [-0.25, -0.2) is 0 Å². The molecule has 0 bridgehead atoms. The maximum absolute atomic E-state index is 8.94. The van der Waals surface area contributed by atoms with Gasteiger partial charge < -0.3 is 5.73 Å². The maximum Gasteiger partial charge on any atom is 0.114 e. The van der Waals surface area contributed by atoms with Gasteiger partial charge in [-0.05, 0) is 22.4 Å².